The van der Waals surface area contributed by atoms with Crippen molar-refractivity contribution < 1.29 is 14.0 Å². The normalized spacial score (nSPS) is 14.1. The molecule has 6 rings (SSSR count). The standard InChI is InChI=1S/C32H36N14O3/c1-19(15-39-32(35-3)45-12-10-44(11-13-45)30(48)22-16-37-20(2)38-17-22)29(47)36-8-4-5-9-46-28-25(27(33)40-18-41-28)26(43-46)21-6-7-24-23(14-21)42-31(34)49-24/h6-7,14-18H,3-5,8-13H2,1-2H3,(H2,34,42)(H,36,47)(H2,33,40,41)/b19-15+,39-32+. The van der Waals surface area contributed by atoms with Gasteiger partial charge < -0.3 is 31.0 Å². The summed E-state index contributed by atoms with van der Waals surface area (Å²) in [5.41, 5.74) is 16.0. The number of carbonyl (C=O) groups excluding carboxylic acids is 2. The van der Waals surface area contributed by atoms with Gasteiger partial charge in [0.2, 0.25) is 11.9 Å². The van der Waals surface area contributed by atoms with E-state index in [1.54, 1.807) is 29.5 Å². The molecule has 49 heavy (non-hydrogen) atoms. The van der Waals surface area contributed by atoms with E-state index >= 15 is 0 Å². The molecule has 1 aromatic carbocycles. The predicted molar refractivity (Wildman–Crippen MR) is 184 cm³/mol. The topological polar surface area (TPSA) is 225 Å². The number of nitrogens with one attached hydrogen (secondary N) is 1. The molecule has 1 aliphatic heterocycles. The molecule has 5 heterocycles. The average Bonchev–Trinajstić information content (AvgIpc) is 3.68. The molecule has 1 fully saturated rings. The van der Waals surface area contributed by atoms with Gasteiger partial charge in [0.05, 0.1) is 10.9 Å². The number of aliphatic imine (C=N–C) groups is 2. The first-order chi connectivity index (χ1) is 23.7. The molecule has 0 aliphatic carbocycles. The second-order valence-corrected chi connectivity index (χ2v) is 11.4. The second-order valence-electron chi connectivity index (χ2n) is 11.4. The second kappa shape index (κ2) is 14.2. The minimum atomic E-state index is -0.237. The fraction of sp³-hybridized carbons (Fsp3) is 0.312. The van der Waals surface area contributed by atoms with E-state index in [-0.39, 0.29) is 17.8 Å². The van der Waals surface area contributed by atoms with Crippen LogP contribution in [0.25, 0.3) is 33.4 Å². The molecule has 17 heteroatoms. The van der Waals surface area contributed by atoms with E-state index < -0.39 is 0 Å². The Hall–Kier alpha value is -6.26. The number of unbranched alkanes of at least 4 members (excludes halogenated alkanes) is 1. The number of aryl methyl sites for hydroxylation is 2. The molecule has 1 aliphatic rings. The van der Waals surface area contributed by atoms with Crippen LogP contribution in [0.2, 0.25) is 0 Å². The predicted octanol–water partition coefficient (Wildman–Crippen LogP) is 2.21. The van der Waals surface area contributed by atoms with Crippen LogP contribution in [0.5, 0.6) is 0 Å². The van der Waals surface area contributed by atoms with Crippen LogP contribution in [-0.2, 0) is 11.3 Å². The SMILES string of the molecule is C=N/C(=N\C=C(/C)C(=O)NCCCCn1nc(-c2ccc3oc(N)nc3c2)c2c(N)ncnc21)N1CCN(C(=O)c2cnc(C)nc2)CC1. The summed E-state index contributed by atoms with van der Waals surface area (Å²) < 4.78 is 7.18. The number of hydrogen-bond donors (Lipinski definition) is 3. The Bertz CT molecular complexity index is 2070. The van der Waals surface area contributed by atoms with E-state index in [1.807, 2.05) is 17.0 Å². The fourth-order valence-corrected chi connectivity index (χ4v) is 5.44. The Labute approximate surface area is 280 Å². The van der Waals surface area contributed by atoms with Crippen molar-refractivity contribution in [1.82, 2.24) is 49.8 Å². The maximum absolute atomic E-state index is 12.8. The van der Waals surface area contributed by atoms with Crippen molar-refractivity contribution >= 4 is 58.5 Å². The summed E-state index contributed by atoms with van der Waals surface area (Å²) in [5, 5.41) is 8.38. The number of hydrogen-bond acceptors (Lipinski definition) is 12. The van der Waals surface area contributed by atoms with Crippen molar-refractivity contribution in [3.05, 3.63) is 60.1 Å². The number of benzene rings is 1. The van der Waals surface area contributed by atoms with Gasteiger partial charge in [-0.3, -0.25) is 9.59 Å². The lowest BCUT2D eigenvalue weighted by Crippen LogP contribution is -2.50. The zero-order valence-corrected chi connectivity index (χ0v) is 27.2. The summed E-state index contributed by atoms with van der Waals surface area (Å²) in [4.78, 5) is 58.7. The van der Waals surface area contributed by atoms with Crippen LogP contribution in [0.1, 0.15) is 35.9 Å². The summed E-state index contributed by atoms with van der Waals surface area (Å²) in [6, 6.07) is 5.57. The molecule has 0 radical (unpaired) electrons. The lowest BCUT2D eigenvalue weighted by molar-refractivity contribution is -0.117. The fourth-order valence-electron chi connectivity index (χ4n) is 5.44. The highest BCUT2D eigenvalue weighted by molar-refractivity contribution is 5.99. The monoisotopic (exact) mass is 664 g/mol. The van der Waals surface area contributed by atoms with Gasteiger partial charge in [0.1, 0.15) is 29.2 Å². The van der Waals surface area contributed by atoms with Gasteiger partial charge in [-0.05, 0) is 51.6 Å². The summed E-state index contributed by atoms with van der Waals surface area (Å²) in [6.45, 7) is 10.1. The first-order valence-electron chi connectivity index (χ1n) is 15.7. The zero-order chi connectivity index (χ0) is 34.5. The number of rotatable bonds is 9. The van der Waals surface area contributed by atoms with Crippen LogP contribution in [0.4, 0.5) is 11.8 Å². The number of nitrogens with two attached hydrogens (primary N) is 2. The highest BCUT2D eigenvalue weighted by Crippen LogP contribution is 2.32. The first-order valence-corrected chi connectivity index (χ1v) is 15.7. The van der Waals surface area contributed by atoms with Crippen LogP contribution >= 0.6 is 0 Å². The van der Waals surface area contributed by atoms with Crippen LogP contribution in [-0.4, -0.2) is 102 Å². The molecule has 4 aromatic heterocycles. The van der Waals surface area contributed by atoms with Gasteiger partial charge in [0.25, 0.3) is 11.9 Å². The van der Waals surface area contributed by atoms with Crippen LogP contribution in [0.15, 0.2) is 63.1 Å². The Morgan fingerprint density at radius 2 is 1.82 bits per heavy atom. The Morgan fingerprint density at radius 1 is 1.06 bits per heavy atom. The Kier molecular flexibility index (Phi) is 9.50. The highest BCUT2D eigenvalue weighted by Gasteiger charge is 2.24. The Balaban J connectivity index is 1.00. The number of oxazole rings is 1. The van der Waals surface area contributed by atoms with Crippen molar-refractivity contribution in [2.24, 2.45) is 9.98 Å². The van der Waals surface area contributed by atoms with Gasteiger partial charge in [-0.1, -0.05) is 0 Å². The third-order valence-corrected chi connectivity index (χ3v) is 8.07. The lowest BCUT2D eigenvalue weighted by atomic mass is 10.1. The zero-order valence-electron chi connectivity index (χ0n) is 27.2. The number of carbonyl (C=O) groups is 2. The summed E-state index contributed by atoms with van der Waals surface area (Å²) in [7, 11) is 0. The smallest absolute Gasteiger partial charge is 0.292 e. The van der Waals surface area contributed by atoms with E-state index in [1.165, 1.54) is 24.9 Å². The Morgan fingerprint density at radius 3 is 2.57 bits per heavy atom. The van der Waals surface area contributed by atoms with Gasteiger partial charge >= 0.3 is 0 Å². The largest absolute Gasteiger partial charge is 0.424 e. The molecule has 17 nitrogen and oxygen atoms in total. The van der Waals surface area contributed by atoms with Gasteiger partial charge in [-0.25, -0.2) is 34.6 Å². The van der Waals surface area contributed by atoms with Crippen molar-refractivity contribution in [1.29, 1.82) is 0 Å². The number of fused-ring (bicyclic) bond motifs is 2. The maximum Gasteiger partial charge on any atom is 0.292 e. The van der Waals surface area contributed by atoms with E-state index in [4.69, 9.17) is 21.0 Å². The molecule has 0 unspecified atom stereocenters. The van der Waals surface area contributed by atoms with Gasteiger partial charge in [-0.2, -0.15) is 10.1 Å². The van der Waals surface area contributed by atoms with Crippen LogP contribution < -0.4 is 16.8 Å². The average molecular weight is 665 g/mol. The third-order valence-electron chi connectivity index (χ3n) is 8.07. The van der Waals surface area contributed by atoms with E-state index in [9.17, 15) is 9.59 Å². The van der Waals surface area contributed by atoms with Crippen molar-refractivity contribution in [3.8, 4) is 11.3 Å². The van der Waals surface area contributed by atoms with E-state index in [0.717, 1.165) is 12.0 Å². The first kappa shape index (κ1) is 32.7. The number of nitrogens with zero attached hydrogens (tertiary/aromatic N) is 11. The molecular formula is C32H36N14O3. The summed E-state index contributed by atoms with van der Waals surface area (Å²) in [5.74, 6) is 0.964. The quantitative estimate of drug-likeness (QED) is 0.0892. The number of nitrogen functional groups attached to an aromatic ring is 2. The number of anilines is 2. The molecule has 0 spiro atoms. The summed E-state index contributed by atoms with van der Waals surface area (Å²) >= 11 is 0. The maximum atomic E-state index is 12.8. The van der Waals surface area contributed by atoms with Crippen molar-refractivity contribution in [2.75, 3.05) is 44.2 Å². The molecule has 5 N–H and O–H groups in total. The molecular weight excluding hydrogens is 628 g/mol. The van der Waals surface area contributed by atoms with Gasteiger partial charge in [0, 0.05) is 69.0 Å². The number of amides is 2. The minimum absolute atomic E-state index is 0.0878. The van der Waals surface area contributed by atoms with Crippen LogP contribution in [0.3, 0.4) is 0 Å². The minimum Gasteiger partial charge on any atom is -0.424 e. The number of aromatic nitrogens is 7. The molecule has 0 atom stereocenters. The van der Waals surface area contributed by atoms with Crippen LogP contribution in [0, 0.1) is 6.92 Å². The van der Waals surface area contributed by atoms with Gasteiger partial charge in [-0.15, -0.1) is 0 Å². The van der Waals surface area contributed by atoms with E-state index in [0.29, 0.717) is 102 Å². The number of guanidine groups is 1. The molecule has 252 valence electrons. The summed E-state index contributed by atoms with van der Waals surface area (Å²) in [6.07, 6.45) is 7.38. The van der Waals surface area contributed by atoms with E-state index in [2.05, 4.69) is 46.9 Å². The molecule has 2 amide bonds. The highest BCUT2D eigenvalue weighted by atomic mass is 16.4. The third kappa shape index (κ3) is 7.19. The molecule has 5 aromatic rings. The van der Waals surface area contributed by atoms with Crippen molar-refractivity contribution in [3.63, 3.8) is 0 Å². The molecule has 0 bridgehead atoms. The molecule has 0 saturated carbocycles. The van der Waals surface area contributed by atoms with Gasteiger partial charge in [0.15, 0.2) is 11.2 Å². The number of piperazine rings is 1. The lowest BCUT2D eigenvalue weighted by Gasteiger charge is -2.35. The van der Waals surface area contributed by atoms with Crippen molar-refractivity contribution in [2.45, 2.75) is 33.2 Å². The molecule has 1 saturated heterocycles.